The fraction of sp³-hybridized carbons (Fsp3) is 0.650. The van der Waals surface area contributed by atoms with E-state index >= 15 is 0 Å². The predicted molar refractivity (Wildman–Crippen MR) is 107 cm³/mol. The Hall–Kier alpha value is -1.60. The summed E-state index contributed by atoms with van der Waals surface area (Å²) < 4.78 is 33.5. The van der Waals surface area contributed by atoms with E-state index in [1.807, 2.05) is 41.5 Å². The maximum atomic E-state index is 13.4. The summed E-state index contributed by atoms with van der Waals surface area (Å²) in [4.78, 5) is 14.7. The molecule has 0 radical (unpaired) electrons. The first kappa shape index (κ1) is 21.7. The average molecular weight is 397 g/mol. The second kappa shape index (κ2) is 7.43. The van der Waals surface area contributed by atoms with E-state index in [1.54, 1.807) is 31.1 Å². The van der Waals surface area contributed by atoms with Gasteiger partial charge < -0.3 is 9.64 Å². The molecule has 1 aliphatic heterocycles. The lowest BCUT2D eigenvalue weighted by molar-refractivity contribution is -0.144. The van der Waals surface area contributed by atoms with Gasteiger partial charge in [0.05, 0.1) is 24.1 Å². The molecule has 1 saturated heterocycles. The molecule has 7 heteroatoms. The van der Waals surface area contributed by atoms with Crippen molar-refractivity contribution < 1.29 is 17.9 Å². The highest BCUT2D eigenvalue weighted by molar-refractivity contribution is 7.89. The minimum Gasteiger partial charge on any atom is -0.496 e. The first-order valence-electron chi connectivity index (χ1n) is 9.33. The monoisotopic (exact) mass is 396 g/mol. The van der Waals surface area contributed by atoms with Crippen molar-refractivity contribution in [3.05, 3.63) is 23.3 Å². The van der Waals surface area contributed by atoms with Crippen LogP contribution in [0.5, 0.6) is 5.75 Å². The van der Waals surface area contributed by atoms with Gasteiger partial charge in [-0.05, 0) is 63.8 Å². The minimum absolute atomic E-state index is 0.0209. The second-order valence-corrected chi connectivity index (χ2v) is 10.4. The number of sulfonamides is 1. The number of aryl methyl sites for hydroxylation is 1. The summed E-state index contributed by atoms with van der Waals surface area (Å²) in [6.45, 7) is 13.6. The maximum absolute atomic E-state index is 13.4. The smallest absolute Gasteiger partial charge is 0.243 e. The third-order valence-electron chi connectivity index (χ3n) is 5.08. The fourth-order valence-electron chi connectivity index (χ4n) is 4.01. The van der Waals surface area contributed by atoms with Crippen molar-refractivity contribution in [1.82, 2.24) is 9.21 Å². The van der Waals surface area contributed by atoms with Crippen molar-refractivity contribution in [2.45, 2.75) is 70.9 Å². The Kier molecular flexibility index (Phi) is 5.97. The van der Waals surface area contributed by atoms with Crippen molar-refractivity contribution >= 4 is 15.9 Å². The summed E-state index contributed by atoms with van der Waals surface area (Å²) in [6, 6.07) is 3.48. The average Bonchev–Trinajstić information content (AvgIpc) is 2.51. The third-order valence-corrected chi connectivity index (χ3v) is 7.01. The van der Waals surface area contributed by atoms with Crippen LogP contribution in [0.2, 0.25) is 0 Å². The molecular formula is C20H32N2O4S. The molecule has 0 bridgehead atoms. The largest absolute Gasteiger partial charge is 0.496 e. The van der Waals surface area contributed by atoms with Crippen LogP contribution in [-0.4, -0.2) is 55.3 Å². The minimum atomic E-state index is -3.80. The predicted octanol–water partition coefficient (Wildman–Crippen LogP) is 3.15. The molecule has 0 aromatic heterocycles. The number of methoxy groups -OCH3 is 1. The molecule has 1 fully saturated rings. The Bertz CT molecular complexity index is 829. The summed E-state index contributed by atoms with van der Waals surface area (Å²) >= 11 is 0. The lowest BCUT2D eigenvalue weighted by atomic mass is 9.98. The summed E-state index contributed by atoms with van der Waals surface area (Å²) in [5, 5.41) is 0. The molecule has 0 unspecified atom stereocenters. The first-order valence-corrected chi connectivity index (χ1v) is 10.8. The molecule has 0 saturated carbocycles. The lowest BCUT2D eigenvalue weighted by Crippen LogP contribution is -2.64. The highest BCUT2D eigenvalue weighted by Crippen LogP contribution is 2.34. The molecule has 152 valence electrons. The molecule has 0 spiro atoms. The van der Waals surface area contributed by atoms with Crippen LogP contribution in [0, 0.1) is 6.92 Å². The van der Waals surface area contributed by atoms with E-state index in [4.69, 9.17) is 4.74 Å². The molecule has 6 nitrogen and oxygen atoms in total. The van der Waals surface area contributed by atoms with Crippen LogP contribution in [0.1, 0.15) is 58.6 Å². The summed E-state index contributed by atoms with van der Waals surface area (Å²) in [6.07, 6.45) is 0. The van der Waals surface area contributed by atoms with Gasteiger partial charge in [-0.3, -0.25) is 4.79 Å². The van der Waals surface area contributed by atoms with E-state index in [2.05, 4.69) is 0 Å². The quantitative estimate of drug-likeness (QED) is 0.767. The van der Waals surface area contributed by atoms with Crippen LogP contribution in [0.4, 0.5) is 0 Å². The topological polar surface area (TPSA) is 66.9 Å². The van der Waals surface area contributed by atoms with Gasteiger partial charge in [0.2, 0.25) is 15.9 Å². The molecule has 2 rings (SSSR count). The van der Waals surface area contributed by atoms with E-state index in [9.17, 15) is 13.2 Å². The van der Waals surface area contributed by atoms with Crippen molar-refractivity contribution in [3.8, 4) is 5.75 Å². The number of benzene rings is 1. The van der Waals surface area contributed by atoms with Crippen LogP contribution < -0.4 is 4.74 Å². The number of carbonyl (C=O) groups is 1. The summed E-state index contributed by atoms with van der Waals surface area (Å²) in [5.74, 6) is 0.632. The Morgan fingerprint density at radius 2 is 1.74 bits per heavy atom. The number of amides is 1. The van der Waals surface area contributed by atoms with Crippen molar-refractivity contribution in [2.75, 3.05) is 20.2 Å². The standard InChI is InChI=1S/C20H32N2O4S/c1-13(2)16-10-18(15(5)9-17(16)26-8)27(24,25)21-11-19(23)22(14(3)4)20(6,7)12-21/h9-10,13-14H,11-12H2,1-8H3. The zero-order valence-electron chi connectivity index (χ0n) is 17.7. The maximum Gasteiger partial charge on any atom is 0.243 e. The van der Waals surface area contributed by atoms with E-state index in [0.717, 1.165) is 5.56 Å². The molecule has 27 heavy (non-hydrogen) atoms. The van der Waals surface area contributed by atoms with Crippen LogP contribution in [0.3, 0.4) is 0 Å². The molecule has 1 heterocycles. The van der Waals surface area contributed by atoms with Gasteiger partial charge in [0.15, 0.2) is 0 Å². The molecule has 1 aromatic rings. The van der Waals surface area contributed by atoms with Gasteiger partial charge in [0.25, 0.3) is 0 Å². The first-order chi connectivity index (χ1) is 12.3. The molecule has 1 amide bonds. The summed E-state index contributed by atoms with van der Waals surface area (Å²) in [7, 11) is -2.21. The molecule has 0 aliphatic carbocycles. The molecular weight excluding hydrogens is 364 g/mol. The number of hydrogen-bond acceptors (Lipinski definition) is 4. The summed E-state index contributed by atoms with van der Waals surface area (Å²) in [5.41, 5.74) is 0.888. The van der Waals surface area contributed by atoms with E-state index in [0.29, 0.717) is 11.3 Å². The Balaban J connectivity index is 2.51. The van der Waals surface area contributed by atoms with Gasteiger partial charge in [0.1, 0.15) is 5.75 Å². The molecule has 0 atom stereocenters. The number of nitrogens with zero attached hydrogens (tertiary/aromatic N) is 2. The van der Waals surface area contributed by atoms with Gasteiger partial charge in [-0.2, -0.15) is 4.31 Å². The van der Waals surface area contributed by atoms with Crippen LogP contribution in [0.15, 0.2) is 17.0 Å². The van der Waals surface area contributed by atoms with Crippen LogP contribution in [0.25, 0.3) is 0 Å². The van der Waals surface area contributed by atoms with Gasteiger partial charge >= 0.3 is 0 Å². The molecule has 0 N–H and O–H groups in total. The number of rotatable bonds is 5. The number of piperazine rings is 1. The molecule has 1 aliphatic rings. The van der Waals surface area contributed by atoms with Crippen LogP contribution in [-0.2, 0) is 14.8 Å². The SMILES string of the molecule is COc1cc(C)c(S(=O)(=O)N2CC(=O)N(C(C)C)C(C)(C)C2)cc1C(C)C. The number of ether oxygens (including phenoxy) is 1. The fourth-order valence-corrected chi connectivity index (χ4v) is 5.79. The van der Waals surface area contributed by atoms with Gasteiger partial charge in [-0.15, -0.1) is 0 Å². The van der Waals surface area contributed by atoms with Gasteiger partial charge in [-0.1, -0.05) is 13.8 Å². The van der Waals surface area contributed by atoms with Crippen molar-refractivity contribution in [1.29, 1.82) is 0 Å². The van der Waals surface area contributed by atoms with Crippen molar-refractivity contribution in [3.63, 3.8) is 0 Å². The zero-order chi connectivity index (χ0) is 20.7. The van der Waals surface area contributed by atoms with Gasteiger partial charge in [0, 0.05) is 12.6 Å². The highest BCUT2D eigenvalue weighted by Gasteiger charge is 2.44. The van der Waals surface area contributed by atoms with Gasteiger partial charge in [-0.25, -0.2) is 8.42 Å². The van der Waals surface area contributed by atoms with Crippen LogP contribution >= 0.6 is 0 Å². The third kappa shape index (κ3) is 3.99. The normalized spacial score (nSPS) is 18.4. The second-order valence-electron chi connectivity index (χ2n) is 8.46. The zero-order valence-corrected chi connectivity index (χ0v) is 18.5. The Labute approximate surface area is 163 Å². The Morgan fingerprint density at radius 1 is 1.15 bits per heavy atom. The number of hydrogen-bond donors (Lipinski definition) is 0. The van der Waals surface area contributed by atoms with E-state index in [-0.39, 0.29) is 35.9 Å². The lowest BCUT2D eigenvalue weighted by Gasteiger charge is -2.48. The highest BCUT2D eigenvalue weighted by atomic mass is 32.2. The number of carbonyl (C=O) groups excluding carboxylic acids is 1. The molecule has 1 aromatic carbocycles. The Morgan fingerprint density at radius 3 is 2.19 bits per heavy atom. The van der Waals surface area contributed by atoms with E-state index < -0.39 is 15.6 Å². The van der Waals surface area contributed by atoms with E-state index in [1.165, 1.54) is 4.31 Å². The van der Waals surface area contributed by atoms with Crippen molar-refractivity contribution in [2.24, 2.45) is 0 Å².